The Morgan fingerprint density at radius 3 is 2.50 bits per heavy atom. The number of amides is 1. The summed E-state index contributed by atoms with van der Waals surface area (Å²) >= 11 is 17.7. The van der Waals surface area contributed by atoms with E-state index in [4.69, 9.17) is 39.5 Å². The lowest BCUT2D eigenvalue weighted by Gasteiger charge is -2.08. The number of hydrogen-bond acceptors (Lipinski definition) is 4. The summed E-state index contributed by atoms with van der Waals surface area (Å²) in [5.41, 5.74) is 1.62. The summed E-state index contributed by atoms with van der Waals surface area (Å²) in [4.78, 5) is 15.8. The fourth-order valence-corrected chi connectivity index (χ4v) is 2.25. The molecule has 0 spiro atoms. The quantitative estimate of drug-likeness (QED) is 0.846. The van der Waals surface area contributed by atoms with Crippen molar-refractivity contribution in [2.45, 2.75) is 3.79 Å². The molecule has 0 aliphatic rings. The van der Waals surface area contributed by atoms with Crippen LogP contribution in [0.5, 0.6) is 5.75 Å². The Morgan fingerprint density at radius 2 is 1.95 bits per heavy atom. The first-order chi connectivity index (χ1) is 9.40. The largest absolute Gasteiger partial charge is 0.497 e. The first-order valence-corrected chi connectivity index (χ1v) is 7.39. The number of nitrogens with zero attached hydrogens (tertiary/aromatic N) is 1. The van der Waals surface area contributed by atoms with Gasteiger partial charge in [-0.05, 0) is 24.3 Å². The average Bonchev–Trinajstić information content (AvgIpc) is 2.86. The van der Waals surface area contributed by atoms with Gasteiger partial charge in [0, 0.05) is 10.9 Å². The molecule has 0 bridgehead atoms. The van der Waals surface area contributed by atoms with E-state index >= 15 is 0 Å². The van der Waals surface area contributed by atoms with Gasteiger partial charge in [0.05, 0.1) is 12.8 Å². The number of rotatable bonds is 3. The molecule has 1 aromatic carbocycles. The molecule has 0 radical (unpaired) electrons. The SMILES string of the molecule is COc1ccc(-c2csc(NC(=O)C(Cl)(Cl)Cl)n2)cc1. The summed E-state index contributed by atoms with van der Waals surface area (Å²) in [6.45, 7) is 0. The topological polar surface area (TPSA) is 51.2 Å². The number of anilines is 1. The second-order valence-corrected chi connectivity index (χ2v) is 6.86. The van der Waals surface area contributed by atoms with Gasteiger partial charge in [0.2, 0.25) is 0 Å². The van der Waals surface area contributed by atoms with Crippen LogP contribution in [-0.4, -0.2) is 21.8 Å². The smallest absolute Gasteiger partial charge is 0.278 e. The van der Waals surface area contributed by atoms with Gasteiger partial charge in [0.1, 0.15) is 5.75 Å². The highest BCUT2D eigenvalue weighted by Crippen LogP contribution is 2.30. The molecule has 1 heterocycles. The number of carbonyl (C=O) groups excluding carboxylic acids is 1. The Morgan fingerprint density at radius 1 is 1.30 bits per heavy atom. The van der Waals surface area contributed by atoms with E-state index in [1.54, 1.807) is 12.5 Å². The lowest BCUT2D eigenvalue weighted by Crippen LogP contribution is -2.26. The molecule has 0 saturated carbocycles. The Bertz CT molecular complexity index is 608. The molecule has 0 aliphatic carbocycles. The van der Waals surface area contributed by atoms with Crippen molar-refractivity contribution < 1.29 is 9.53 Å². The van der Waals surface area contributed by atoms with E-state index < -0.39 is 9.70 Å². The van der Waals surface area contributed by atoms with E-state index in [1.165, 1.54) is 11.3 Å². The van der Waals surface area contributed by atoms with Gasteiger partial charge in [-0.25, -0.2) is 4.98 Å². The molecule has 0 unspecified atom stereocenters. The van der Waals surface area contributed by atoms with Crippen LogP contribution in [0, 0.1) is 0 Å². The summed E-state index contributed by atoms with van der Waals surface area (Å²) in [5, 5.41) is 4.61. The zero-order valence-corrected chi connectivity index (χ0v) is 13.3. The number of hydrogen-bond donors (Lipinski definition) is 1. The Balaban J connectivity index is 2.14. The van der Waals surface area contributed by atoms with Crippen molar-refractivity contribution in [3.8, 4) is 17.0 Å². The van der Waals surface area contributed by atoms with Crippen LogP contribution in [0.4, 0.5) is 5.13 Å². The monoisotopic (exact) mass is 350 g/mol. The normalized spacial score (nSPS) is 11.2. The fraction of sp³-hybridized carbons (Fsp3) is 0.167. The number of benzene rings is 1. The maximum absolute atomic E-state index is 11.5. The van der Waals surface area contributed by atoms with Crippen molar-refractivity contribution in [1.82, 2.24) is 4.98 Å². The van der Waals surface area contributed by atoms with Crippen LogP contribution in [0.2, 0.25) is 0 Å². The molecule has 106 valence electrons. The van der Waals surface area contributed by atoms with Crippen molar-refractivity contribution in [2.75, 3.05) is 12.4 Å². The van der Waals surface area contributed by atoms with Crippen molar-refractivity contribution in [3.63, 3.8) is 0 Å². The zero-order chi connectivity index (χ0) is 14.8. The van der Waals surface area contributed by atoms with Crippen molar-refractivity contribution in [1.29, 1.82) is 0 Å². The first kappa shape index (κ1) is 15.4. The van der Waals surface area contributed by atoms with Crippen LogP contribution >= 0.6 is 46.1 Å². The number of nitrogens with one attached hydrogen (secondary N) is 1. The van der Waals surface area contributed by atoms with Crippen LogP contribution in [0.3, 0.4) is 0 Å². The van der Waals surface area contributed by atoms with Crippen molar-refractivity contribution in [2.24, 2.45) is 0 Å². The number of alkyl halides is 3. The van der Waals surface area contributed by atoms with E-state index in [0.29, 0.717) is 5.13 Å². The lowest BCUT2D eigenvalue weighted by molar-refractivity contribution is -0.115. The second kappa shape index (κ2) is 6.18. The van der Waals surface area contributed by atoms with Gasteiger partial charge < -0.3 is 4.74 Å². The minimum atomic E-state index is -2.01. The molecule has 0 atom stereocenters. The number of carbonyl (C=O) groups is 1. The predicted octanol–water partition coefficient (Wildman–Crippen LogP) is 4.13. The van der Waals surface area contributed by atoms with Crippen molar-refractivity contribution >= 4 is 57.2 Å². The van der Waals surface area contributed by atoms with Crippen molar-refractivity contribution in [3.05, 3.63) is 29.6 Å². The Hall–Kier alpha value is -1.01. The van der Waals surface area contributed by atoms with Gasteiger partial charge in [0.15, 0.2) is 5.13 Å². The predicted molar refractivity (Wildman–Crippen MR) is 83.0 cm³/mol. The number of thiazole rings is 1. The highest BCUT2D eigenvalue weighted by Gasteiger charge is 2.31. The first-order valence-electron chi connectivity index (χ1n) is 5.38. The molecular formula is C12H9Cl3N2O2S. The number of halogens is 3. The minimum Gasteiger partial charge on any atom is -0.497 e. The molecule has 8 heteroatoms. The Labute approximate surface area is 134 Å². The van der Waals surface area contributed by atoms with Gasteiger partial charge in [-0.1, -0.05) is 34.8 Å². The number of methoxy groups -OCH3 is 1. The zero-order valence-electron chi connectivity index (χ0n) is 10.2. The minimum absolute atomic E-state index is 0.368. The molecule has 2 aromatic rings. The van der Waals surface area contributed by atoms with Gasteiger partial charge in [-0.2, -0.15) is 0 Å². The standard InChI is InChI=1S/C12H9Cl3N2O2S/c1-19-8-4-2-7(3-5-8)9-6-20-11(16-9)17-10(18)12(13,14)15/h2-6H,1H3,(H,16,17,18). The van der Waals surface area contributed by atoms with Gasteiger partial charge >= 0.3 is 0 Å². The van der Waals surface area contributed by atoms with Crippen LogP contribution < -0.4 is 10.1 Å². The van der Waals surface area contributed by atoms with E-state index in [1.807, 2.05) is 24.3 Å². The Kier molecular flexibility index (Phi) is 4.75. The second-order valence-electron chi connectivity index (χ2n) is 3.72. The van der Waals surface area contributed by atoms with Crippen LogP contribution in [0.15, 0.2) is 29.6 Å². The van der Waals surface area contributed by atoms with E-state index in [9.17, 15) is 4.79 Å². The summed E-state index contributed by atoms with van der Waals surface area (Å²) in [7, 11) is 1.60. The summed E-state index contributed by atoms with van der Waals surface area (Å²) in [6, 6.07) is 7.39. The molecule has 4 nitrogen and oxygen atoms in total. The highest BCUT2D eigenvalue weighted by molar-refractivity contribution is 7.14. The summed E-state index contributed by atoms with van der Waals surface area (Å²) in [6.07, 6.45) is 0. The lowest BCUT2D eigenvalue weighted by atomic mass is 10.2. The molecule has 1 aromatic heterocycles. The van der Waals surface area contributed by atoms with Crippen LogP contribution in [0.25, 0.3) is 11.3 Å². The number of ether oxygens (including phenoxy) is 1. The average molecular weight is 352 g/mol. The van der Waals surface area contributed by atoms with E-state index in [0.717, 1.165) is 17.0 Å². The van der Waals surface area contributed by atoms with Gasteiger partial charge in [-0.15, -0.1) is 11.3 Å². The molecule has 1 amide bonds. The van der Waals surface area contributed by atoms with Gasteiger partial charge in [0.25, 0.3) is 9.70 Å². The highest BCUT2D eigenvalue weighted by atomic mass is 35.6. The van der Waals surface area contributed by atoms with Crippen LogP contribution in [-0.2, 0) is 4.79 Å². The molecule has 0 fully saturated rings. The third-order valence-corrected chi connectivity index (χ3v) is 3.64. The summed E-state index contributed by atoms with van der Waals surface area (Å²) < 4.78 is 3.07. The number of aromatic nitrogens is 1. The summed E-state index contributed by atoms with van der Waals surface area (Å²) in [5.74, 6) is 0.0202. The fourth-order valence-electron chi connectivity index (χ4n) is 1.39. The molecule has 1 N–H and O–H groups in total. The maximum atomic E-state index is 11.5. The molecule has 20 heavy (non-hydrogen) atoms. The molecule has 2 rings (SSSR count). The molecule has 0 aliphatic heterocycles. The van der Waals surface area contributed by atoms with E-state index in [2.05, 4.69) is 10.3 Å². The molecular weight excluding hydrogens is 343 g/mol. The molecule has 0 saturated heterocycles. The maximum Gasteiger partial charge on any atom is 0.278 e. The van der Waals surface area contributed by atoms with E-state index in [-0.39, 0.29) is 0 Å². The third-order valence-electron chi connectivity index (χ3n) is 2.37. The van der Waals surface area contributed by atoms with Gasteiger partial charge in [-0.3, -0.25) is 10.1 Å². The third kappa shape index (κ3) is 3.76. The van der Waals surface area contributed by atoms with Crippen LogP contribution in [0.1, 0.15) is 0 Å².